The maximum Gasteiger partial charge on any atom is 0.150 e. The van der Waals surface area contributed by atoms with E-state index in [1.165, 1.54) is 0 Å². The molecule has 0 radical (unpaired) electrons. The molecule has 1 aliphatic rings. The van der Waals surface area contributed by atoms with Crippen LogP contribution in [0.5, 0.6) is 0 Å². The summed E-state index contributed by atoms with van der Waals surface area (Å²) in [6.45, 7) is 0. The summed E-state index contributed by atoms with van der Waals surface area (Å²) < 4.78 is 0. The van der Waals surface area contributed by atoms with Crippen LogP contribution in [0.15, 0.2) is 18.2 Å². The number of hydrogen-bond donors (Lipinski definition) is 0. The van der Waals surface area contributed by atoms with Crippen molar-refractivity contribution in [2.24, 2.45) is 0 Å². The molecule has 1 aromatic carbocycles. The van der Waals surface area contributed by atoms with Gasteiger partial charge in [-0.05, 0) is 36.6 Å². The number of halogens is 1. The Morgan fingerprint density at radius 1 is 1.43 bits per heavy atom. The van der Waals surface area contributed by atoms with Crippen LogP contribution >= 0.6 is 11.6 Å². The molecular formula is C12H9ClO. The van der Waals surface area contributed by atoms with E-state index < -0.39 is 0 Å². The van der Waals surface area contributed by atoms with Gasteiger partial charge in [-0.25, -0.2) is 0 Å². The summed E-state index contributed by atoms with van der Waals surface area (Å²) in [5.41, 5.74) is 1.44. The molecule has 0 amide bonds. The van der Waals surface area contributed by atoms with Gasteiger partial charge in [0.05, 0.1) is 5.41 Å². The second-order valence-corrected chi connectivity index (χ2v) is 4.05. The molecule has 0 atom stereocenters. The summed E-state index contributed by atoms with van der Waals surface area (Å²) >= 11 is 5.89. The van der Waals surface area contributed by atoms with Gasteiger partial charge in [-0.15, -0.1) is 6.42 Å². The monoisotopic (exact) mass is 204 g/mol. The minimum absolute atomic E-state index is 0.150. The van der Waals surface area contributed by atoms with E-state index in [0.29, 0.717) is 10.6 Å². The standard InChI is InChI=1S/C12H9ClO/c1-2-12(3-4-12)10-5-9(8-14)6-11(13)7-10/h1,5-8H,3-4H2. The van der Waals surface area contributed by atoms with Crippen molar-refractivity contribution in [3.8, 4) is 12.3 Å². The highest BCUT2D eigenvalue weighted by atomic mass is 35.5. The average molecular weight is 205 g/mol. The van der Waals surface area contributed by atoms with Gasteiger partial charge < -0.3 is 0 Å². The Kier molecular flexibility index (Phi) is 2.09. The van der Waals surface area contributed by atoms with Crippen LogP contribution in [0.2, 0.25) is 5.02 Å². The summed E-state index contributed by atoms with van der Waals surface area (Å²) in [6, 6.07) is 5.32. The molecule has 2 rings (SSSR count). The van der Waals surface area contributed by atoms with E-state index in [1.54, 1.807) is 6.07 Å². The molecule has 1 nitrogen and oxygen atoms in total. The van der Waals surface area contributed by atoms with Crippen molar-refractivity contribution in [1.82, 2.24) is 0 Å². The summed E-state index contributed by atoms with van der Waals surface area (Å²) in [6.07, 6.45) is 8.23. The number of carbonyl (C=O) groups excluding carboxylic acids is 1. The van der Waals surface area contributed by atoms with Crippen molar-refractivity contribution in [2.45, 2.75) is 18.3 Å². The van der Waals surface area contributed by atoms with E-state index in [0.717, 1.165) is 24.7 Å². The molecule has 0 saturated heterocycles. The van der Waals surface area contributed by atoms with Gasteiger partial charge in [0.2, 0.25) is 0 Å². The number of rotatable bonds is 2. The fourth-order valence-corrected chi connectivity index (χ4v) is 1.84. The number of terminal acetylenes is 1. The zero-order valence-electron chi connectivity index (χ0n) is 7.59. The third-order valence-corrected chi connectivity index (χ3v) is 2.85. The number of benzene rings is 1. The molecule has 0 aliphatic heterocycles. The zero-order chi connectivity index (χ0) is 10.2. The lowest BCUT2D eigenvalue weighted by Gasteiger charge is -2.08. The molecule has 0 spiro atoms. The van der Waals surface area contributed by atoms with Crippen LogP contribution in [0.25, 0.3) is 0 Å². The summed E-state index contributed by atoms with van der Waals surface area (Å²) in [4.78, 5) is 10.6. The maximum atomic E-state index is 10.6. The van der Waals surface area contributed by atoms with Crippen LogP contribution in [0.4, 0.5) is 0 Å². The van der Waals surface area contributed by atoms with Crippen molar-refractivity contribution in [3.05, 3.63) is 34.3 Å². The fraction of sp³-hybridized carbons (Fsp3) is 0.250. The van der Waals surface area contributed by atoms with E-state index in [2.05, 4.69) is 5.92 Å². The molecule has 1 fully saturated rings. The molecule has 0 aromatic heterocycles. The Morgan fingerprint density at radius 3 is 2.64 bits per heavy atom. The lowest BCUT2D eigenvalue weighted by atomic mass is 9.95. The Morgan fingerprint density at radius 2 is 2.14 bits per heavy atom. The minimum atomic E-state index is -0.150. The number of aldehydes is 1. The predicted octanol–water partition coefficient (Wildman–Crippen LogP) is 2.82. The third-order valence-electron chi connectivity index (χ3n) is 2.64. The van der Waals surface area contributed by atoms with Gasteiger partial charge in [0.1, 0.15) is 6.29 Å². The first-order chi connectivity index (χ1) is 6.70. The molecule has 1 aromatic rings. The molecule has 0 bridgehead atoms. The van der Waals surface area contributed by atoms with E-state index >= 15 is 0 Å². The molecule has 14 heavy (non-hydrogen) atoms. The van der Waals surface area contributed by atoms with Gasteiger partial charge in [0.25, 0.3) is 0 Å². The van der Waals surface area contributed by atoms with Gasteiger partial charge in [-0.2, -0.15) is 0 Å². The van der Waals surface area contributed by atoms with Gasteiger partial charge in [-0.3, -0.25) is 4.79 Å². The SMILES string of the molecule is C#CC1(c2cc(Cl)cc(C=O)c2)CC1. The zero-order valence-corrected chi connectivity index (χ0v) is 8.34. The quantitative estimate of drug-likeness (QED) is 0.535. The normalized spacial score (nSPS) is 17.1. The first-order valence-electron chi connectivity index (χ1n) is 4.44. The van der Waals surface area contributed by atoms with Crippen LogP contribution in [0, 0.1) is 12.3 Å². The molecule has 2 heteroatoms. The molecule has 0 N–H and O–H groups in total. The minimum Gasteiger partial charge on any atom is -0.298 e. The molecule has 0 heterocycles. The highest BCUT2D eigenvalue weighted by Gasteiger charge is 2.42. The molecule has 70 valence electrons. The van der Waals surface area contributed by atoms with Crippen molar-refractivity contribution in [2.75, 3.05) is 0 Å². The van der Waals surface area contributed by atoms with Crippen molar-refractivity contribution >= 4 is 17.9 Å². The predicted molar refractivity (Wildman–Crippen MR) is 56.6 cm³/mol. The van der Waals surface area contributed by atoms with Crippen molar-refractivity contribution < 1.29 is 4.79 Å². The van der Waals surface area contributed by atoms with E-state index in [9.17, 15) is 4.79 Å². The van der Waals surface area contributed by atoms with Gasteiger partial charge in [0.15, 0.2) is 0 Å². The van der Waals surface area contributed by atoms with Crippen LogP contribution < -0.4 is 0 Å². The highest BCUT2D eigenvalue weighted by molar-refractivity contribution is 6.30. The maximum absolute atomic E-state index is 10.6. The third kappa shape index (κ3) is 1.42. The number of carbonyl (C=O) groups is 1. The van der Waals surface area contributed by atoms with E-state index in [4.69, 9.17) is 18.0 Å². The first kappa shape index (κ1) is 9.30. The van der Waals surface area contributed by atoms with Crippen LogP contribution in [0.1, 0.15) is 28.8 Å². The summed E-state index contributed by atoms with van der Waals surface area (Å²) in [5, 5.41) is 0.575. The smallest absolute Gasteiger partial charge is 0.150 e. The largest absolute Gasteiger partial charge is 0.298 e. The number of hydrogen-bond acceptors (Lipinski definition) is 1. The Hall–Kier alpha value is -1.26. The topological polar surface area (TPSA) is 17.1 Å². The molecule has 0 unspecified atom stereocenters. The van der Waals surface area contributed by atoms with Gasteiger partial charge in [0, 0.05) is 10.6 Å². The lowest BCUT2D eigenvalue weighted by molar-refractivity contribution is 0.112. The second kappa shape index (κ2) is 3.15. The molecule has 1 saturated carbocycles. The Bertz CT molecular complexity index is 424. The molecular weight excluding hydrogens is 196 g/mol. The van der Waals surface area contributed by atoms with E-state index in [1.807, 2.05) is 12.1 Å². The van der Waals surface area contributed by atoms with Crippen LogP contribution in [-0.4, -0.2) is 6.29 Å². The van der Waals surface area contributed by atoms with Crippen LogP contribution in [0.3, 0.4) is 0 Å². The van der Waals surface area contributed by atoms with Gasteiger partial charge >= 0.3 is 0 Å². The van der Waals surface area contributed by atoms with Crippen molar-refractivity contribution in [3.63, 3.8) is 0 Å². The summed E-state index contributed by atoms with van der Waals surface area (Å²) in [7, 11) is 0. The Labute approximate surface area is 88.1 Å². The lowest BCUT2D eigenvalue weighted by Crippen LogP contribution is -2.03. The average Bonchev–Trinajstić information content (AvgIpc) is 2.97. The highest BCUT2D eigenvalue weighted by Crippen LogP contribution is 2.48. The summed E-state index contributed by atoms with van der Waals surface area (Å²) in [5.74, 6) is 2.77. The van der Waals surface area contributed by atoms with Crippen molar-refractivity contribution in [1.29, 1.82) is 0 Å². The fourth-order valence-electron chi connectivity index (χ4n) is 1.60. The van der Waals surface area contributed by atoms with Gasteiger partial charge in [-0.1, -0.05) is 17.5 Å². The van der Waals surface area contributed by atoms with Crippen LogP contribution in [-0.2, 0) is 5.41 Å². The molecule has 1 aliphatic carbocycles. The first-order valence-corrected chi connectivity index (χ1v) is 4.82. The second-order valence-electron chi connectivity index (χ2n) is 3.62. The Balaban J connectivity index is 2.50. The van der Waals surface area contributed by atoms with E-state index in [-0.39, 0.29) is 5.41 Å².